The fourth-order valence-corrected chi connectivity index (χ4v) is 2.07. The molecular formula is C11H15Cl2N3O2S. The van der Waals surface area contributed by atoms with Crippen LogP contribution in [-0.4, -0.2) is 31.0 Å². The zero-order chi connectivity index (χ0) is 12.1. The van der Waals surface area contributed by atoms with E-state index >= 15 is 0 Å². The molecule has 0 aliphatic heterocycles. The lowest BCUT2D eigenvalue weighted by Gasteiger charge is -2.01. The van der Waals surface area contributed by atoms with Gasteiger partial charge in [-0.15, -0.1) is 36.2 Å². The summed E-state index contributed by atoms with van der Waals surface area (Å²) in [4.78, 5) is 15.9. The van der Waals surface area contributed by atoms with Crippen molar-refractivity contribution in [1.82, 2.24) is 15.6 Å². The van der Waals surface area contributed by atoms with Crippen molar-refractivity contribution >= 4 is 42.1 Å². The lowest BCUT2D eigenvalue weighted by atomic mass is 10.3. The fraction of sp³-hybridized carbons (Fsp3) is 0.273. The van der Waals surface area contributed by atoms with Crippen molar-refractivity contribution in [2.45, 2.75) is 0 Å². The highest BCUT2D eigenvalue weighted by molar-refractivity contribution is 7.13. The SMILES string of the molecule is CNCCNC(=O)c1csc(-c2ccoc2)n1.Cl.Cl. The number of carbonyl (C=O) groups is 1. The summed E-state index contributed by atoms with van der Waals surface area (Å²) in [5.41, 5.74) is 1.34. The maximum Gasteiger partial charge on any atom is 0.270 e. The number of hydrogen-bond donors (Lipinski definition) is 2. The fourth-order valence-electron chi connectivity index (χ4n) is 1.29. The van der Waals surface area contributed by atoms with E-state index in [0.29, 0.717) is 12.2 Å². The van der Waals surface area contributed by atoms with Crippen LogP contribution in [0.5, 0.6) is 0 Å². The van der Waals surface area contributed by atoms with Gasteiger partial charge in [-0.3, -0.25) is 4.79 Å². The molecule has 5 nitrogen and oxygen atoms in total. The second-order valence-corrected chi connectivity index (χ2v) is 4.27. The number of likely N-dealkylation sites (N-methyl/N-ethyl adjacent to an activating group) is 1. The molecule has 0 saturated carbocycles. The summed E-state index contributed by atoms with van der Waals surface area (Å²) >= 11 is 1.43. The molecule has 0 aromatic carbocycles. The highest BCUT2D eigenvalue weighted by Crippen LogP contribution is 2.23. The summed E-state index contributed by atoms with van der Waals surface area (Å²) < 4.78 is 4.98. The van der Waals surface area contributed by atoms with Crippen LogP contribution in [0.2, 0.25) is 0 Å². The first-order valence-electron chi connectivity index (χ1n) is 5.22. The molecule has 0 saturated heterocycles. The molecule has 2 N–H and O–H groups in total. The van der Waals surface area contributed by atoms with Gasteiger partial charge in [0, 0.05) is 24.0 Å². The number of amides is 1. The molecule has 0 unspecified atom stereocenters. The molecule has 0 fully saturated rings. The molecule has 2 aromatic rings. The minimum Gasteiger partial charge on any atom is -0.472 e. The summed E-state index contributed by atoms with van der Waals surface area (Å²) in [5.74, 6) is -0.147. The standard InChI is InChI=1S/C11H13N3O2S.2ClH/c1-12-3-4-13-10(15)9-7-17-11(14-9)8-2-5-16-6-8;;/h2,5-7,12H,3-4H2,1H3,(H,13,15);2*1H. The molecular weight excluding hydrogens is 309 g/mol. The average Bonchev–Trinajstić information content (AvgIpc) is 3.00. The number of nitrogens with one attached hydrogen (secondary N) is 2. The molecule has 0 aliphatic carbocycles. The normalized spacial score (nSPS) is 9.32. The van der Waals surface area contributed by atoms with Crippen LogP contribution in [-0.2, 0) is 0 Å². The number of furan rings is 1. The van der Waals surface area contributed by atoms with Crippen LogP contribution in [0.15, 0.2) is 28.4 Å². The second-order valence-electron chi connectivity index (χ2n) is 3.41. The van der Waals surface area contributed by atoms with Crippen molar-refractivity contribution < 1.29 is 9.21 Å². The number of rotatable bonds is 5. The third kappa shape index (κ3) is 4.83. The number of nitrogens with zero attached hydrogens (tertiary/aromatic N) is 1. The summed E-state index contributed by atoms with van der Waals surface area (Å²) in [5, 5.41) is 8.27. The van der Waals surface area contributed by atoms with Gasteiger partial charge in [-0.1, -0.05) is 0 Å². The Morgan fingerprint density at radius 3 is 2.84 bits per heavy atom. The molecule has 0 spiro atoms. The monoisotopic (exact) mass is 323 g/mol. The first kappa shape index (κ1) is 17.9. The number of carbonyl (C=O) groups excluding carboxylic acids is 1. The Labute approximate surface area is 127 Å². The van der Waals surface area contributed by atoms with Crippen molar-refractivity contribution in [1.29, 1.82) is 0 Å². The Bertz CT molecular complexity index is 488. The van der Waals surface area contributed by atoms with Crippen molar-refractivity contribution in [3.8, 4) is 10.6 Å². The third-order valence-corrected chi connectivity index (χ3v) is 3.06. The van der Waals surface area contributed by atoms with E-state index in [4.69, 9.17) is 4.42 Å². The molecule has 2 aromatic heterocycles. The van der Waals surface area contributed by atoms with Crippen LogP contribution in [0.25, 0.3) is 10.6 Å². The zero-order valence-corrected chi connectivity index (χ0v) is 12.7. The Morgan fingerprint density at radius 1 is 1.42 bits per heavy atom. The Balaban J connectivity index is 0.00000162. The quantitative estimate of drug-likeness (QED) is 0.828. The van der Waals surface area contributed by atoms with Crippen LogP contribution >= 0.6 is 36.2 Å². The average molecular weight is 324 g/mol. The van der Waals surface area contributed by atoms with Gasteiger partial charge in [-0.25, -0.2) is 4.98 Å². The van der Waals surface area contributed by atoms with E-state index in [1.54, 1.807) is 17.9 Å². The minimum absolute atomic E-state index is 0. The van der Waals surface area contributed by atoms with Gasteiger partial charge in [0.1, 0.15) is 17.0 Å². The summed E-state index contributed by atoms with van der Waals surface area (Å²) in [6, 6.07) is 1.82. The summed E-state index contributed by atoms with van der Waals surface area (Å²) in [6.45, 7) is 1.33. The van der Waals surface area contributed by atoms with Gasteiger partial charge in [-0.2, -0.15) is 0 Å². The number of hydrogen-bond acceptors (Lipinski definition) is 5. The van der Waals surface area contributed by atoms with Gasteiger partial charge in [0.15, 0.2) is 0 Å². The Kier molecular flexibility index (Phi) is 8.42. The van der Waals surface area contributed by atoms with Crippen LogP contribution in [0.1, 0.15) is 10.5 Å². The van der Waals surface area contributed by atoms with E-state index < -0.39 is 0 Å². The molecule has 0 atom stereocenters. The van der Waals surface area contributed by atoms with Crippen LogP contribution in [0.3, 0.4) is 0 Å². The number of thiazole rings is 1. The van der Waals surface area contributed by atoms with E-state index in [1.807, 2.05) is 13.1 Å². The van der Waals surface area contributed by atoms with Crippen LogP contribution < -0.4 is 10.6 Å². The molecule has 0 radical (unpaired) electrons. The topological polar surface area (TPSA) is 67.2 Å². The number of aromatic nitrogens is 1. The van der Waals surface area contributed by atoms with Crippen molar-refractivity contribution in [3.63, 3.8) is 0 Å². The zero-order valence-electron chi connectivity index (χ0n) is 10.2. The van der Waals surface area contributed by atoms with E-state index in [0.717, 1.165) is 17.1 Å². The largest absolute Gasteiger partial charge is 0.472 e. The molecule has 106 valence electrons. The molecule has 8 heteroatoms. The van der Waals surface area contributed by atoms with Gasteiger partial charge >= 0.3 is 0 Å². The van der Waals surface area contributed by atoms with E-state index in [9.17, 15) is 4.79 Å². The molecule has 2 heterocycles. The Hall–Kier alpha value is -1.08. The molecule has 2 rings (SSSR count). The maximum absolute atomic E-state index is 11.7. The van der Waals surface area contributed by atoms with Crippen LogP contribution in [0, 0.1) is 0 Å². The van der Waals surface area contributed by atoms with E-state index in [1.165, 1.54) is 11.3 Å². The van der Waals surface area contributed by atoms with Gasteiger partial charge in [0.2, 0.25) is 0 Å². The molecule has 1 amide bonds. The van der Waals surface area contributed by atoms with E-state index in [-0.39, 0.29) is 30.7 Å². The van der Waals surface area contributed by atoms with Gasteiger partial charge in [0.05, 0.1) is 6.26 Å². The first-order valence-corrected chi connectivity index (χ1v) is 6.10. The first-order chi connectivity index (χ1) is 8.31. The van der Waals surface area contributed by atoms with Gasteiger partial charge in [-0.05, 0) is 13.1 Å². The van der Waals surface area contributed by atoms with Gasteiger partial charge in [0.25, 0.3) is 5.91 Å². The second kappa shape index (κ2) is 8.92. The summed E-state index contributed by atoms with van der Waals surface area (Å²) in [6.07, 6.45) is 3.20. The minimum atomic E-state index is -0.147. The van der Waals surface area contributed by atoms with Gasteiger partial charge < -0.3 is 15.1 Å². The highest BCUT2D eigenvalue weighted by Gasteiger charge is 2.11. The third-order valence-electron chi connectivity index (χ3n) is 2.17. The van der Waals surface area contributed by atoms with Crippen molar-refractivity contribution in [2.75, 3.05) is 20.1 Å². The highest BCUT2D eigenvalue weighted by atomic mass is 35.5. The van der Waals surface area contributed by atoms with Crippen molar-refractivity contribution in [2.24, 2.45) is 0 Å². The Morgan fingerprint density at radius 2 is 2.21 bits per heavy atom. The summed E-state index contributed by atoms with van der Waals surface area (Å²) in [7, 11) is 1.84. The predicted octanol–water partition coefficient (Wildman–Crippen LogP) is 2.20. The lowest BCUT2D eigenvalue weighted by Crippen LogP contribution is -2.30. The van der Waals surface area contributed by atoms with E-state index in [2.05, 4.69) is 15.6 Å². The van der Waals surface area contributed by atoms with Crippen molar-refractivity contribution in [3.05, 3.63) is 29.7 Å². The maximum atomic E-state index is 11.7. The smallest absolute Gasteiger partial charge is 0.270 e. The predicted molar refractivity (Wildman–Crippen MR) is 80.6 cm³/mol. The molecule has 0 aliphatic rings. The molecule has 19 heavy (non-hydrogen) atoms. The lowest BCUT2D eigenvalue weighted by molar-refractivity contribution is 0.0950. The van der Waals surface area contributed by atoms with Crippen LogP contribution in [0.4, 0.5) is 0 Å². The molecule has 0 bridgehead atoms. The number of halogens is 2.